The van der Waals surface area contributed by atoms with Crippen LogP contribution in [-0.2, 0) is 0 Å². The zero-order chi connectivity index (χ0) is 9.26. The minimum Gasteiger partial charge on any atom is -0.355 e. The Morgan fingerprint density at radius 3 is 3.08 bits per heavy atom. The molecule has 0 aliphatic carbocycles. The molecule has 1 aliphatic rings. The average molecular weight is 200 g/mol. The average Bonchev–Trinajstić information content (AvgIpc) is 2.72. The molecule has 1 aromatic heterocycles. The van der Waals surface area contributed by atoms with Gasteiger partial charge in [-0.2, -0.15) is 0 Å². The Morgan fingerprint density at radius 1 is 1.69 bits per heavy atom. The van der Waals surface area contributed by atoms with E-state index in [0.717, 1.165) is 12.3 Å². The maximum atomic E-state index is 12.6. The first-order valence-electron chi connectivity index (χ1n) is 3.98. The highest BCUT2D eigenvalue weighted by molar-refractivity contribution is 7.99. The summed E-state index contributed by atoms with van der Waals surface area (Å²) < 4.78 is 12.6. The summed E-state index contributed by atoms with van der Waals surface area (Å²) in [5, 5.41) is 0. The van der Waals surface area contributed by atoms with E-state index in [1.54, 1.807) is 16.7 Å². The Labute approximate surface area is 79.3 Å². The molecule has 5 heteroatoms. The van der Waals surface area contributed by atoms with Gasteiger partial charge in [0.1, 0.15) is 11.5 Å². The number of rotatable bonds is 1. The molecule has 0 radical (unpaired) electrons. The molecule has 1 saturated heterocycles. The summed E-state index contributed by atoms with van der Waals surface area (Å²) in [6.45, 7) is 0.754. The number of nitrogens with one attached hydrogen (secondary N) is 1. The van der Waals surface area contributed by atoms with Gasteiger partial charge in [-0.05, 0) is 0 Å². The van der Waals surface area contributed by atoms with Crippen molar-refractivity contribution in [2.45, 2.75) is 0 Å². The van der Waals surface area contributed by atoms with Gasteiger partial charge in [-0.25, -0.2) is 4.39 Å². The summed E-state index contributed by atoms with van der Waals surface area (Å²) in [7, 11) is 0. The number of H-pyrrole nitrogens is 1. The van der Waals surface area contributed by atoms with Crippen molar-refractivity contribution in [2.75, 3.05) is 18.2 Å². The molecule has 1 aromatic rings. The minimum atomic E-state index is -0.393. The van der Waals surface area contributed by atoms with Gasteiger partial charge < -0.3 is 9.88 Å². The van der Waals surface area contributed by atoms with Crippen molar-refractivity contribution in [1.29, 1.82) is 0 Å². The fourth-order valence-electron chi connectivity index (χ4n) is 1.24. The monoisotopic (exact) mass is 200 g/mol. The predicted molar refractivity (Wildman–Crippen MR) is 49.1 cm³/mol. The lowest BCUT2D eigenvalue weighted by atomic mass is 10.4. The van der Waals surface area contributed by atoms with Crippen molar-refractivity contribution in [2.24, 2.45) is 0 Å². The SMILES string of the molecule is O=C(c1cc(F)c[nH]1)N1CCSC1. The molecule has 0 bridgehead atoms. The Hall–Kier alpha value is -0.970. The van der Waals surface area contributed by atoms with Crippen molar-refractivity contribution in [3.8, 4) is 0 Å². The highest BCUT2D eigenvalue weighted by atomic mass is 32.2. The molecule has 1 aliphatic heterocycles. The van der Waals surface area contributed by atoms with Crippen LogP contribution in [0, 0.1) is 5.82 Å². The fourth-order valence-corrected chi connectivity index (χ4v) is 2.18. The zero-order valence-corrected chi connectivity index (χ0v) is 7.73. The normalized spacial score (nSPS) is 16.5. The summed E-state index contributed by atoms with van der Waals surface area (Å²) in [6.07, 6.45) is 1.19. The summed E-state index contributed by atoms with van der Waals surface area (Å²) in [4.78, 5) is 15.9. The van der Waals surface area contributed by atoms with Crippen molar-refractivity contribution >= 4 is 17.7 Å². The van der Waals surface area contributed by atoms with E-state index >= 15 is 0 Å². The number of carbonyl (C=O) groups excluding carboxylic acids is 1. The molecule has 0 aromatic carbocycles. The number of amides is 1. The maximum absolute atomic E-state index is 12.6. The molecule has 1 N–H and O–H groups in total. The van der Waals surface area contributed by atoms with E-state index in [-0.39, 0.29) is 5.91 Å². The Kier molecular flexibility index (Phi) is 2.26. The van der Waals surface area contributed by atoms with Gasteiger partial charge in [-0.15, -0.1) is 11.8 Å². The number of aromatic nitrogens is 1. The number of aromatic amines is 1. The van der Waals surface area contributed by atoms with Crippen molar-refractivity contribution in [3.63, 3.8) is 0 Å². The Bertz CT molecular complexity index is 320. The van der Waals surface area contributed by atoms with Crippen molar-refractivity contribution in [3.05, 3.63) is 23.8 Å². The van der Waals surface area contributed by atoms with Crippen LogP contribution < -0.4 is 0 Å². The molecule has 0 unspecified atom stereocenters. The first-order chi connectivity index (χ1) is 6.27. The third-order valence-corrected chi connectivity index (χ3v) is 2.88. The number of hydrogen-bond donors (Lipinski definition) is 1. The minimum absolute atomic E-state index is 0.117. The second kappa shape index (κ2) is 3.41. The highest BCUT2D eigenvalue weighted by Crippen LogP contribution is 2.16. The van der Waals surface area contributed by atoms with Gasteiger partial charge in [0, 0.05) is 24.6 Å². The first-order valence-corrected chi connectivity index (χ1v) is 5.14. The molecule has 3 nitrogen and oxygen atoms in total. The van der Waals surface area contributed by atoms with Crippen LogP contribution in [0.3, 0.4) is 0 Å². The number of carbonyl (C=O) groups is 1. The van der Waals surface area contributed by atoms with Gasteiger partial charge in [-0.3, -0.25) is 4.79 Å². The number of nitrogens with zero attached hydrogens (tertiary/aromatic N) is 1. The Balaban J connectivity index is 2.12. The van der Waals surface area contributed by atoms with Gasteiger partial charge in [0.05, 0.1) is 5.88 Å². The van der Waals surface area contributed by atoms with Gasteiger partial charge in [0.25, 0.3) is 5.91 Å². The van der Waals surface area contributed by atoms with Crippen LogP contribution >= 0.6 is 11.8 Å². The van der Waals surface area contributed by atoms with E-state index in [1.165, 1.54) is 12.3 Å². The van der Waals surface area contributed by atoms with Crippen LogP contribution in [0.2, 0.25) is 0 Å². The van der Waals surface area contributed by atoms with E-state index in [4.69, 9.17) is 0 Å². The van der Waals surface area contributed by atoms with E-state index in [2.05, 4.69) is 4.98 Å². The zero-order valence-electron chi connectivity index (χ0n) is 6.92. The van der Waals surface area contributed by atoms with Crippen LogP contribution in [0.5, 0.6) is 0 Å². The number of halogens is 1. The molecular formula is C8H9FN2OS. The molecule has 70 valence electrons. The molecule has 0 spiro atoms. The molecule has 0 saturated carbocycles. The second-order valence-corrected chi connectivity index (χ2v) is 3.91. The quantitative estimate of drug-likeness (QED) is 0.741. The molecule has 1 amide bonds. The van der Waals surface area contributed by atoms with Crippen LogP contribution in [0.4, 0.5) is 4.39 Å². The van der Waals surface area contributed by atoms with Gasteiger partial charge in [-0.1, -0.05) is 0 Å². The fraction of sp³-hybridized carbons (Fsp3) is 0.375. The topological polar surface area (TPSA) is 36.1 Å². The van der Waals surface area contributed by atoms with E-state index in [0.29, 0.717) is 11.6 Å². The summed E-state index contributed by atoms with van der Waals surface area (Å²) >= 11 is 1.71. The first kappa shape index (κ1) is 8.62. The lowest BCUT2D eigenvalue weighted by Crippen LogP contribution is -2.27. The predicted octanol–water partition coefficient (Wildman–Crippen LogP) is 1.30. The van der Waals surface area contributed by atoms with Crippen LogP contribution in [0.15, 0.2) is 12.3 Å². The molecule has 0 atom stereocenters. The van der Waals surface area contributed by atoms with E-state index in [9.17, 15) is 9.18 Å². The summed E-state index contributed by atoms with van der Waals surface area (Å²) in [5.41, 5.74) is 0.333. The van der Waals surface area contributed by atoms with E-state index < -0.39 is 5.82 Å². The lowest BCUT2D eigenvalue weighted by Gasteiger charge is -2.12. The van der Waals surface area contributed by atoms with E-state index in [1.807, 2.05) is 0 Å². The largest absolute Gasteiger partial charge is 0.355 e. The summed E-state index contributed by atoms with van der Waals surface area (Å²) in [6, 6.07) is 1.23. The number of thioether (sulfide) groups is 1. The molecular weight excluding hydrogens is 191 g/mol. The molecule has 2 heterocycles. The van der Waals surface area contributed by atoms with Crippen LogP contribution in [0.1, 0.15) is 10.5 Å². The molecule has 13 heavy (non-hydrogen) atoms. The highest BCUT2D eigenvalue weighted by Gasteiger charge is 2.20. The lowest BCUT2D eigenvalue weighted by molar-refractivity contribution is 0.0797. The van der Waals surface area contributed by atoms with Gasteiger partial charge in [0.2, 0.25) is 0 Å². The third-order valence-electron chi connectivity index (χ3n) is 1.92. The molecule has 2 rings (SSSR count). The second-order valence-electron chi connectivity index (χ2n) is 2.84. The third kappa shape index (κ3) is 1.70. The molecule has 1 fully saturated rings. The van der Waals surface area contributed by atoms with Gasteiger partial charge >= 0.3 is 0 Å². The Morgan fingerprint density at radius 2 is 2.54 bits per heavy atom. The smallest absolute Gasteiger partial charge is 0.271 e. The summed E-state index contributed by atoms with van der Waals surface area (Å²) in [5.74, 6) is 1.16. The van der Waals surface area contributed by atoms with Crippen LogP contribution in [-0.4, -0.2) is 34.0 Å². The van der Waals surface area contributed by atoms with Crippen molar-refractivity contribution < 1.29 is 9.18 Å². The maximum Gasteiger partial charge on any atom is 0.271 e. The standard InChI is InChI=1S/C8H9FN2OS/c9-6-3-7(10-4-6)8(12)11-1-2-13-5-11/h3-4,10H,1-2,5H2. The number of hydrogen-bond acceptors (Lipinski definition) is 2. The van der Waals surface area contributed by atoms with Gasteiger partial charge in [0.15, 0.2) is 0 Å². The van der Waals surface area contributed by atoms with Crippen LogP contribution in [0.25, 0.3) is 0 Å². The van der Waals surface area contributed by atoms with Crippen molar-refractivity contribution in [1.82, 2.24) is 9.88 Å².